The van der Waals surface area contributed by atoms with Crippen molar-refractivity contribution in [2.45, 2.75) is 6.18 Å². The largest absolute Gasteiger partial charge is 0.416 e. The van der Waals surface area contributed by atoms with Crippen LogP contribution in [0.5, 0.6) is 0 Å². The second kappa shape index (κ2) is 5.43. The lowest BCUT2D eigenvalue weighted by atomic mass is 10.2. The number of amides is 1. The maximum absolute atomic E-state index is 12.6. The number of carbonyl (C=O) groups excluding carboxylic acids is 1. The normalized spacial score (nSPS) is 11.2. The molecule has 0 atom stereocenters. The Kier molecular flexibility index (Phi) is 4.39. The highest BCUT2D eigenvalue weighted by Crippen LogP contribution is 2.32. The van der Waals surface area contributed by atoms with Crippen LogP contribution in [0.1, 0.15) is 5.56 Å². The summed E-state index contributed by atoms with van der Waals surface area (Å²) in [5, 5.41) is 2.09. The number of rotatable bonds is 3. The number of carbonyl (C=O) groups is 1. The second-order valence-electron chi connectivity index (χ2n) is 3.56. The van der Waals surface area contributed by atoms with E-state index in [9.17, 15) is 18.0 Å². The van der Waals surface area contributed by atoms with Crippen molar-refractivity contribution >= 4 is 23.3 Å². The maximum Gasteiger partial charge on any atom is 0.416 e. The molecule has 8 heteroatoms. The minimum Gasteiger partial charge on any atom is -0.358 e. The van der Waals surface area contributed by atoms with Gasteiger partial charge in [0.2, 0.25) is 5.91 Å². The molecule has 1 rings (SSSR count). The van der Waals surface area contributed by atoms with E-state index in [1.165, 1.54) is 19.0 Å². The molecule has 0 aliphatic rings. The first-order valence-electron chi connectivity index (χ1n) is 4.90. The lowest BCUT2D eigenvalue weighted by Gasteiger charge is -2.18. The summed E-state index contributed by atoms with van der Waals surface area (Å²) in [6, 6.07) is 1.58. The van der Waals surface area contributed by atoms with Crippen LogP contribution in [0.2, 0.25) is 5.15 Å². The Morgan fingerprint density at radius 1 is 1.50 bits per heavy atom. The van der Waals surface area contributed by atoms with Gasteiger partial charge in [0.15, 0.2) is 0 Å². The standard InChI is InChI=1S/C10H11ClF3N3O/c1-15-9(18)5-17(2)8-4-6(10(12,13)14)3-7(11)16-8/h3-4H,5H2,1-2H3,(H,15,18). The zero-order chi connectivity index (χ0) is 13.9. The number of aromatic nitrogens is 1. The molecule has 1 heterocycles. The maximum atomic E-state index is 12.6. The molecular formula is C10H11ClF3N3O. The van der Waals surface area contributed by atoms with Gasteiger partial charge in [-0.05, 0) is 12.1 Å². The molecule has 0 saturated carbocycles. The second-order valence-corrected chi connectivity index (χ2v) is 3.95. The molecule has 1 aromatic rings. The Bertz CT molecular complexity index is 450. The lowest BCUT2D eigenvalue weighted by molar-refractivity contribution is -0.137. The van der Waals surface area contributed by atoms with Crippen LogP contribution in [-0.4, -0.2) is 31.5 Å². The van der Waals surface area contributed by atoms with Gasteiger partial charge in [-0.15, -0.1) is 0 Å². The fourth-order valence-corrected chi connectivity index (χ4v) is 1.42. The van der Waals surface area contributed by atoms with Crippen molar-refractivity contribution in [1.29, 1.82) is 0 Å². The van der Waals surface area contributed by atoms with Crippen molar-refractivity contribution in [3.8, 4) is 0 Å². The van der Waals surface area contributed by atoms with Crippen molar-refractivity contribution < 1.29 is 18.0 Å². The summed E-state index contributed by atoms with van der Waals surface area (Å²) in [6.07, 6.45) is -4.50. The van der Waals surface area contributed by atoms with Crippen LogP contribution in [0.25, 0.3) is 0 Å². The molecule has 0 aliphatic carbocycles. The number of alkyl halides is 3. The van der Waals surface area contributed by atoms with Gasteiger partial charge in [0.05, 0.1) is 12.1 Å². The molecule has 0 unspecified atom stereocenters. The van der Waals surface area contributed by atoms with E-state index in [0.717, 1.165) is 12.1 Å². The van der Waals surface area contributed by atoms with Gasteiger partial charge in [-0.1, -0.05) is 11.6 Å². The van der Waals surface area contributed by atoms with Gasteiger partial charge in [-0.25, -0.2) is 4.98 Å². The first-order chi connectivity index (χ1) is 8.24. The quantitative estimate of drug-likeness (QED) is 0.861. The van der Waals surface area contributed by atoms with Crippen molar-refractivity contribution in [3.63, 3.8) is 0 Å². The molecule has 0 fully saturated rings. The van der Waals surface area contributed by atoms with Crippen LogP contribution in [-0.2, 0) is 11.0 Å². The lowest BCUT2D eigenvalue weighted by Crippen LogP contribution is -2.33. The SMILES string of the molecule is CNC(=O)CN(C)c1cc(C(F)(F)F)cc(Cl)n1. The Morgan fingerprint density at radius 2 is 2.11 bits per heavy atom. The molecule has 0 bridgehead atoms. The van der Waals surface area contributed by atoms with Gasteiger partial charge in [0.25, 0.3) is 0 Å². The average Bonchev–Trinajstić information content (AvgIpc) is 2.26. The minimum atomic E-state index is -4.50. The smallest absolute Gasteiger partial charge is 0.358 e. The summed E-state index contributed by atoms with van der Waals surface area (Å²) in [5.74, 6) is -0.355. The van der Waals surface area contributed by atoms with Crippen LogP contribution >= 0.6 is 11.6 Å². The highest BCUT2D eigenvalue weighted by atomic mass is 35.5. The number of hydrogen-bond donors (Lipinski definition) is 1. The van der Waals surface area contributed by atoms with Gasteiger partial charge < -0.3 is 10.2 Å². The fourth-order valence-electron chi connectivity index (χ4n) is 1.22. The van der Waals surface area contributed by atoms with Gasteiger partial charge in [-0.3, -0.25) is 4.79 Å². The van der Waals surface area contributed by atoms with Crippen molar-refractivity contribution in [2.75, 3.05) is 25.5 Å². The molecule has 18 heavy (non-hydrogen) atoms. The average molecular weight is 282 g/mol. The van der Waals surface area contributed by atoms with Crippen LogP contribution in [0.3, 0.4) is 0 Å². The number of pyridine rings is 1. The Morgan fingerprint density at radius 3 is 2.61 bits per heavy atom. The number of anilines is 1. The number of nitrogens with zero attached hydrogens (tertiary/aromatic N) is 2. The molecule has 0 saturated heterocycles. The van der Waals surface area contributed by atoms with Gasteiger partial charge in [0.1, 0.15) is 11.0 Å². The van der Waals surface area contributed by atoms with E-state index < -0.39 is 11.7 Å². The summed E-state index contributed by atoms with van der Waals surface area (Å²) in [5.41, 5.74) is -0.902. The van der Waals surface area contributed by atoms with E-state index in [0.29, 0.717) is 0 Å². The third kappa shape index (κ3) is 3.76. The van der Waals surface area contributed by atoms with E-state index in [1.807, 2.05) is 0 Å². The van der Waals surface area contributed by atoms with Crippen molar-refractivity contribution in [2.24, 2.45) is 0 Å². The first-order valence-corrected chi connectivity index (χ1v) is 5.28. The molecule has 0 radical (unpaired) electrons. The summed E-state index contributed by atoms with van der Waals surface area (Å²) in [6.45, 7) is -0.110. The molecule has 1 N–H and O–H groups in total. The number of likely N-dealkylation sites (N-methyl/N-ethyl adjacent to an activating group) is 2. The van der Waals surface area contributed by atoms with E-state index in [4.69, 9.17) is 11.6 Å². The molecular weight excluding hydrogens is 271 g/mol. The van der Waals surface area contributed by atoms with E-state index in [-0.39, 0.29) is 23.4 Å². The van der Waals surface area contributed by atoms with E-state index in [2.05, 4.69) is 10.3 Å². The van der Waals surface area contributed by atoms with E-state index >= 15 is 0 Å². The Hall–Kier alpha value is -1.50. The number of nitrogens with one attached hydrogen (secondary N) is 1. The van der Waals surface area contributed by atoms with Crippen molar-refractivity contribution in [1.82, 2.24) is 10.3 Å². The summed E-state index contributed by atoms with van der Waals surface area (Å²) in [4.78, 5) is 16.2. The highest BCUT2D eigenvalue weighted by molar-refractivity contribution is 6.29. The zero-order valence-corrected chi connectivity index (χ0v) is 10.4. The fraction of sp³-hybridized carbons (Fsp3) is 0.400. The summed E-state index contributed by atoms with van der Waals surface area (Å²) in [7, 11) is 2.89. The molecule has 0 aliphatic heterocycles. The Balaban J connectivity index is 3.03. The third-order valence-corrected chi connectivity index (χ3v) is 2.35. The predicted molar refractivity (Wildman–Crippen MR) is 61.6 cm³/mol. The first kappa shape index (κ1) is 14.6. The highest BCUT2D eigenvalue weighted by Gasteiger charge is 2.32. The third-order valence-electron chi connectivity index (χ3n) is 2.16. The zero-order valence-electron chi connectivity index (χ0n) is 9.68. The Labute approximate surface area is 107 Å². The van der Waals surface area contributed by atoms with Gasteiger partial charge >= 0.3 is 6.18 Å². The molecule has 1 aromatic heterocycles. The van der Waals surface area contributed by atoms with E-state index in [1.54, 1.807) is 0 Å². The number of halogens is 4. The van der Waals surface area contributed by atoms with Crippen molar-refractivity contribution in [3.05, 3.63) is 22.8 Å². The molecule has 100 valence electrons. The van der Waals surface area contributed by atoms with Crippen LogP contribution in [0, 0.1) is 0 Å². The van der Waals surface area contributed by atoms with Crippen LogP contribution in [0.4, 0.5) is 19.0 Å². The monoisotopic (exact) mass is 281 g/mol. The molecule has 4 nitrogen and oxygen atoms in total. The minimum absolute atomic E-state index is 0.0153. The van der Waals surface area contributed by atoms with Crippen LogP contribution < -0.4 is 10.2 Å². The predicted octanol–water partition coefficient (Wildman–Crippen LogP) is 1.94. The van der Waals surface area contributed by atoms with Gasteiger partial charge in [0, 0.05) is 14.1 Å². The molecule has 0 aromatic carbocycles. The van der Waals surface area contributed by atoms with Gasteiger partial charge in [-0.2, -0.15) is 13.2 Å². The molecule has 0 spiro atoms. The topological polar surface area (TPSA) is 45.2 Å². The molecule has 1 amide bonds. The summed E-state index contributed by atoms with van der Waals surface area (Å²) >= 11 is 5.53. The van der Waals surface area contributed by atoms with Crippen LogP contribution in [0.15, 0.2) is 12.1 Å². The summed E-state index contributed by atoms with van der Waals surface area (Å²) < 4.78 is 37.7. The number of hydrogen-bond acceptors (Lipinski definition) is 3.